The van der Waals surface area contributed by atoms with Crippen molar-refractivity contribution in [3.8, 4) is 0 Å². The second-order valence-electron chi connectivity index (χ2n) is 13.8. The highest BCUT2D eigenvalue weighted by molar-refractivity contribution is 7.85. The third kappa shape index (κ3) is 6.40. The number of aliphatic hydroxyl groups is 4. The zero-order valence-electron chi connectivity index (χ0n) is 24.2. The van der Waals surface area contributed by atoms with Gasteiger partial charge in [-0.3, -0.25) is 9.35 Å². The fourth-order valence-electron chi connectivity index (χ4n) is 9.53. The molecule has 232 valence electrons. The van der Waals surface area contributed by atoms with Crippen molar-refractivity contribution < 1.29 is 42.9 Å². The smallest absolute Gasteiger partial charge is 0.266 e. The molecule has 10 nitrogen and oxygen atoms in total. The number of carbonyl (C=O) groups is 1. The lowest BCUT2D eigenvalue weighted by Gasteiger charge is -2.63. The summed E-state index contributed by atoms with van der Waals surface area (Å²) in [5, 5.41) is 44.7. The number of amides is 1. The first-order valence-corrected chi connectivity index (χ1v) is 16.8. The van der Waals surface area contributed by atoms with Crippen molar-refractivity contribution in [2.45, 2.75) is 103 Å². The van der Waals surface area contributed by atoms with Crippen LogP contribution in [0.4, 0.5) is 0 Å². The molecule has 0 aliphatic heterocycles. The van der Waals surface area contributed by atoms with Crippen molar-refractivity contribution in [2.24, 2.45) is 46.3 Å². The highest BCUT2D eigenvalue weighted by atomic mass is 32.2. The molecule has 6 N–H and O–H groups in total. The van der Waals surface area contributed by atoms with E-state index in [0.717, 1.165) is 32.1 Å². The van der Waals surface area contributed by atoms with Crippen LogP contribution in [0.25, 0.3) is 0 Å². The molecule has 0 saturated heterocycles. The van der Waals surface area contributed by atoms with Crippen LogP contribution in [0.5, 0.6) is 0 Å². The Balaban J connectivity index is 1.40. The average molecular weight is 590 g/mol. The Labute approximate surface area is 239 Å². The molecule has 4 fully saturated rings. The van der Waals surface area contributed by atoms with Gasteiger partial charge in [-0.2, -0.15) is 8.42 Å². The molecule has 0 bridgehead atoms. The van der Waals surface area contributed by atoms with Gasteiger partial charge in [0.2, 0.25) is 5.91 Å². The minimum absolute atomic E-state index is 0.00348. The maximum atomic E-state index is 12.3. The number of rotatable bonds is 11. The molecule has 11 heteroatoms. The lowest BCUT2D eigenvalue weighted by Crippen LogP contribution is -2.62. The molecular weight excluding hydrogens is 538 g/mol. The van der Waals surface area contributed by atoms with Gasteiger partial charge in [-0.15, -0.1) is 0 Å². The Bertz CT molecular complexity index is 994. The van der Waals surface area contributed by atoms with Crippen LogP contribution in [0.3, 0.4) is 0 Å². The lowest BCUT2D eigenvalue weighted by atomic mass is 9.43. The van der Waals surface area contributed by atoms with Crippen molar-refractivity contribution in [3.05, 3.63) is 0 Å². The largest absolute Gasteiger partial charge is 0.394 e. The maximum absolute atomic E-state index is 12.3. The molecule has 0 aromatic heterocycles. The Hall–Kier alpha value is -0.820. The molecule has 0 heterocycles. The number of nitrogens with one attached hydrogen (secondary N) is 1. The number of aliphatic hydroxyl groups excluding tert-OH is 4. The van der Waals surface area contributed by atoms with Crippen LogP contribution >= 0.6 is 0 Å². The van der Waals surface area contributed by atoms with E-state index in [1.165, 1.54) is 0 Å². The van der Waals surface area contributed by atoms with Gasteiger partial charge in [-0.1, -0.05) is 20.8 Å². The number of carbonyl (C=O) groups excluding carboxylic acids is 1. The van der Waals surface area contributed by atoms with Crippen molar-refractivity contribution >= 4 is 16.0 Å². The van der Waals surface area contributed by atoms with Gasteiger partial charge in [0.1, 0.15) is 6.10 Å². The minimum Gasteiger partial charge on any atom is -0.394 e. The average Bonchev–Trinajstić information content (AvgIpc) is 3.24. The summed E-state index contributed by atoms with van der Waals surface area (Å²) in [5.74, 6) is 0.489. The predicted molar refractivity (Wildman–Crippen MR) is 149 cm³/mol. The van der Waals surface area contributed by atoms with Gasteiger partial charge < -0.3 is 30.5 Å². The molecule has 4 saturated carbocycles. The maximum Gasteiger partial charge on any atom is 0.266 e. The summed E-state index contributed by atoms with van der Waals surface area (Å²) in [6, 6.07) is 0. The molecule has 0 spiro atoms. The van der Waals surface area contributed by atoms with Crippen molar-refractivity contribution in [1.29, 1.82) is 0 Å². The fourth-order valence-corrected chi connectivity index (χ4v) is 9.89. The molecule has 4 aliphatic carbocycles. The van der Waals surface area contributed by atoms with E-state index < -0.39 is 34.2 Å². The predicted octanol–water partition coefficient (Wildman–Crippen LogP) is 1.75. The summed E-state index contributed by atoms with van der Waals surface area (Å²) >= 11 is 0. The van der Waals surface area contributed by atoms with E-state index in [0.29, 0.717) is 19.3 Å². The van der Waals surface area contributed by atoms with Gasteiger partial charge >= 0.3 is 0 Å². The molecule has 4 rings (SSSR count). The lowest BCUT2D eigenvalue weighted by molar-refractivity contribution is -0.210. The van der Waals surface area contributed by atoms with Gasteiger partial charge in [0.05, 0.1) is 37.3 Å². The molecule has 12 atom stereocenters. The number of hydrogen-bond donors (Lipinski definition) is 6. The number of hydrogen-bond acceptors (Lipinski definition) is 8. The van der Waals surface area contributed by atoms with Gasteiger partial charge in [-0.25, -0.2) is 0 Å². The van der Waals surface area contributed by atoms with Gasteiger partial charge in [0, 0.05) is 13.0 Å². The molecule has 0 aromatic rings. The Morgan fingerprint density at radius 3 is 2.50 bits per heavy atom. The van der Waals surface area contributed by atoms with Crippen molar-refractivity contribution in [3.63, 3.8) is 0 Å². The van der Waals surface area contributed by atoms with Crippen LogP contribution in [0, 0.1) is 46.3 Å². The van der Waals surface area contributed by atoms with Crippen molar-refractivity contribution in [1.82, 2.24) is 5.32 Å². The zero-order valence-corrected chi connectivity index (χ0v) is 25.1. The quantitative estimate of drug-likeness (QED) is 0.196. The zero-order chi connectivity index (χ0) is 29.5. The summed E-state index contributed by atoms with van der Waals surface area (Å²) in [5.41, 5.74) is -0.335. The normalized spacial score (nSPS) is 42.8. The van der Waals surface area contributed by atoms with Crippen LogP contribution in [0.1, 0.15) is 78.6 Å². The Morgan fingerprint density at radius 1 is 1.10 bits per heavy atom. The SMILES string of the molecule is C[C@H](CCC(=O)NCCS(=O)(=O)O)[C@H]1CCC2C3C(O)CC4C[C@H](OCC(O)CO)CC[C@]4(C)C3C[C@H](O)[C@@]21C. The second kappa shape index (κ2) is 12.4. The highest BCUT2D eigenvalue weighted by Gasteiger charge is 2.65. The highest BCUT2D eigenvalue weighted by Crippen LogP contribution is 2.68. The van der Waals surface area contributed by atoms with E-state index in [4.69, 9.17) is 14.4 Å². The molecule has 1 amide bonds. The molecule has 4 aliphatic rings. The van der Waals surface area contributed by atoms with E-state index in [9.17, 15) is 28.5 Å². The van der Waals surface area contributed by atoms with Crippen LogP contribution in [-0.4, -0.2) is 89.2 Å². The molecule has 0 radical (unpaired) electrons. The first-order valence-electron chi connectivity index (χ1n) is 15.2. The summed E-state index contributed by atoms with van der Waals surface area (Å²) in [6.07, 6.45) is 4.99. The van der Waals surface area contributed by atoms with Crippen LogP contribution < -0.4 is 5.32 Å². The first kappa shape index (κ1) is 32.1. The van der Waals surface area contributed by atoms with Crippen LogP contribution in [0.15, 0.2) is 0 Å². The van der Waals surface area contributed by atoms with E-state index in [2.05, 4.69) is 26.1 Å². The Kier molecular flexibility index (Phi) is 9.97. The molecular formula is C29H51NO9S. The monoisotopic (exact) mass is 589 g/mol. The topological polar surface area (TPSA) is 174 Å². The molecule has 0 aromatic carbocycles. The second-order valence-corrected chi connectivity index (χ2v) is 15.4. The molecule has 40 heavy (non-hydrogen) atoms. The van der Waals surface area contributed by atoms with Crippen LogP contribution in [0.2, 0.25) is 0 Å². The summed E-state index contributed by atoms with van der Waals surface area (Å²) in [7, 11) is -4.11. The summed E-state index contributed by atoms with van der Waals surface area (Å²) in [6.45, 7) is 6.34. The van der Waals surface area contributed by atoms with E-state index >= 15 is 0 Å². The first-order chi connectivity index (χ1) is 18.7. The number of fused-ring (bicyclic) bond motifs is 5. The van der Waals surface area contributed by atoms with Gasteiger partial charge in [0.25, 0.3) is 10.1 Å². The van der Waals surface area contributed by atoms with Gasteiger partial charge in [0.15, 0.2) is 0 Å². The summed E-state index contributed by atoms with van der Waals surface area (Å²) < 4.78 is 36.5. The number of ether oxygens (including phenoxy) is 1. The standard InChI is InChI=1S/C29H51NO9S/c1-17(4-7-26(35)30-10-11-40(36,37)38)21-5-6-22-27-23(14-25(34)29(21,22)3)28(2)9-8-20(39-16-19(32)15-31)12-18(28)13-24(27)33/h17-25,27,31-34H,4-16H2,1-3H3,(H,30,35)(H,36,37,38)/t17-,18?,19?,20-,21-,22?,23?,24?,25+,27?,28+,29-/m1/s1. The van der Waals surface area contributed by atoms with E-state index in [-0.39, 0.29) is 84.5 Å². The van der Waals surface area contributed by atoms with E-state index in [1.807, 2.05) is 0 Å². The summed E-state index contributed by atoms with van der Waals surface area (Å²) in [4.78, 5) is 12.3. The third-order valence-corrected chi connectivity index (χ3v) is 12.5. The fraction of sp³-hybridized carbons (Fsp3) is 0.966. The van der Waals surface area contributed by atoms with Crippen molar-refractivity contribution in [2.75, 3.05) is 25.5 Å². The minimum atomic E-state index is -4.11. The third-order valence-electron chi connectivity index (χ3n) is 11.7. The van der Waals surface area contributed by atoms with E-state index in [1.54, 1.807) is 0 Å². The molecule has 6 unspecified atom stereocenters. The van der Waals surface area contributed by atoms with Crippen LogP contribution in [-0.2, 0) is 19.6 Å². The Morgan fingerprint density at radius 2 is 1.82 bits per heavy atom. The van der Waals surface area contributed by atoms with Gasteiger partial charge in [-0.05, 0) is 97.7 Å².